The van der Waals surface area contributed by atoms with Crippen LogP contribution in [0.3, 0.4) is 0 Å². The number of nitrogens with zero attached hydrogens (tertiary/aromatic N) is 3. The van der Waals surface area contributed by atoms with E-state index in [-0.39, 0.29) is 23.8 Å². The Balaban J connectivity index is 1.22. The highest BCUT2D eigenvalue weighted by Gasteiger charge is 2.31. The zero-order valence-corrected chi connectivity index (χ0v) is 33.3. The Morgan fingerprint density at radius 3 is 2.29 bits per heavy atom. The van der Waals surface area contributed by atoms with E-state index in [1.165, 1.54) is 53.4 Å². The number of thiophene rings is 1. The highest BCUT2D eigenvalue weighted by Crippen LogP contribution is 2.41. The third kappa shape index (κ3) is 10.3. The number of non-ortho nitro benzene ring substituents is 1. The number of benzene rings is 4. The first-order valence-corrected chi connectivity index (χ1v) is 19.8. The highest BCUT2D eigenvalue weighted by molar-refractivity contribution is 8.00. The molecule has 1 unspecified atom stereocenters. The maximum absolute atomic E-state index is 14.2. The molecule has 3 N–H and O–H groups in total. The standard InChI is InChI=1S/C43H38N6O7S2/c1-43(2,3)56-42(53)48-22-21-33-34(25-44)41(58-36(33)26-48)47-40(52)37(28-11-6-4-7-12-28)57-32-16-10-15-30(24-32)45-39(51)35(46-38(50)29-13-8-5-9-14-29)23-27-17-19-31(20-18-27)49(54)55/h4-20,23-24,37H,21-22,26H2,1-3H3,(H,45,51)(H,46,50)(H,47,52)/b35-23+. The fraction of sp³-hybridized carbons (Fsp3) is 0.186. The molecule has 15 heteroatoms. The van der Waals surface area contributed by atoms with Crippen LogP contribution in [0.25, 0.3) is 6.08 Å². The predicted molar refractivity (Wildman–Crippen MR) is 223 cm³/mol. The van der Waals surface area contributed by atoms with Crippen molar-refractivity contribution < 1.29 is 28.8 Å². The van der Waals surface area contributed by atoms with E-state index in [9.17, 15) is 34.6 Å². The van der Waals surface area contributed by atoms with Gasteiger partial charge in [0.05, 0.1) is 17.0 Å². The Bertz CT molecular complexity index is 2420. The van der Waals surface area contributed by atoms with Crippen LogP contribution in [-0.2, 0) is 27.3 Å². The van der Waals surface area contributed by atoms with E-state index in [0.717, 1.165) is 10.4 Å². The molecule has 58 heavy (non-hydrogen) atoms. The number of thioether (sulfide) groups is 1. The molecule has 0 spiro atoms. The lowest BCUT2D eigenvalue weighted by atomic mass is 10.0. The molecule has 294 valence electrons. The van der Waals surface area contributed by atoms with Crippen molar-refractivity contribution in [3.63, 3.8) is 0 Å². The third-order valence-corrected chi connectivity index (χ3v) is 11.1. The maximum Gasteiger partial charge on any atom is 0.410 e. The lowest BCUT2D eigenvalue weighted by molar-refractivity contribution is -0.384. The summed E-state index contributed by atoms with van der Waals surface area (Å²) in [5.74, 6) is -1.56. The first kappa shape index (κ1) is 40.9. The molecular formula is C43H38N6O7S2. The average Bonchev–Trinajstić information content (AvgIpc) is 3.55. The van der Waals surface area contributed by atoms with E-state index < -0.39 is 33.7 Å². The summed E-state index contributed by atoms with van der Waals surface area (Å²) in [6, 6.07) is 32.2. The van der Waals surface area contributed by atoms with Crippen molar-refractivity contribution in [2.45, 2.75) is 49.5 Å². The second kappa shape index (κ2) is 18.0. The highest BCUT2D eigenvalue weighted by atomic mass is 32.2. The molecule has 1 aromatic heterocycles. The Morgan fingerprint density at radius 2 is 1.64 bits per heavy atom. The summed E-state index contributed by atoms with van der Waals surface area (Å²) in [4.78, 5) is 67.5. The molecule has 0 fully saturated rings. The number of nitro groups is 1. The summed E-state index contributed by atoms with van der Waals surface area (Å²) >= 11 is 2.50. The normalized spacial score (nSPS) is 13.0. The Hall–Kier alpha value is -6.76. The van der Waals surface area contributed by atoms with Crippen LogP contribution in [0.5, 0.6) is 0 Å². The minimum atomic E-state index is -0.779. The van der Waals surface area contributed by atoms with Gasteiger partial charge in [0.2, 0.25) is 5.91 Å². The number of nitrogens with one attached hydrogen (secondary N) is 3. The van der Waals surface area contributed by atoms with Gasteiger partial charge in [-0.15, -0.1) is 23.1 Å². The van der Waals surface area contributed by atoms with E-state index in [1.807, 2.05) is 30.3 Å². The minimum absolute atomic E-state index is 0.108. The summed E-state index contributed by atoms with van der Waals surface area (Å²) in [7, 11) is 0. The van der Waals surface area contributed by atoms with Crippen molar-refractivity contribution in [3.05, 3.63) is 158 Å². The number of amides is 4. The van der Waals surface area contributed by atoms with Crippen LogP contribution >= 0.6 is 23.1 Å². The largest absolute Gasteiger partial charge is 0.444 e. The smallest absolute Gasteiger partial charge is 0.410 e. The molecule has 0 radical (unpaired) electrons. The van der Waals surface area contributed by atoms with Crippen LogP contribution in [0.1, 0.15) is 63.5 Å². The molecule has 2 heterocycles. The first-order chi connectivity index (χ1) is 27.8. The van der Waals surface area contributed by atoms with Gasteiger partial charge in [-0.05, 0) is 92.4 Å². The van der Waals surface area contributed by atoms with E-state index >= 15 is 0 Å². The number of ether oxygens (including phenoxy) is 1. The molecule has 0 saturated carbocycles. The lowest BCUT2D eigenvalue weighted by Gasteiger charge is -2.29. The molecule has 13 nitrogen and oxygen atoms in total. The van der Waals surface area contributed by atoms with E-state index in [1.54, 1.807) is 80.3 Å². The summed E-state index contributed by atoms with van der Waals surface area (Å²) < 4.78 is 5.56. The maximum atomic E-state index is 14.2. The molecule has 1 aliphatic rings. The number of anilines is 2. The third-order valence-electron chi connectivity index (χ3n) is 8.69. The zero-order chi connectivity index (χ0) is 41.4. The number of carbonyl (C=O) groups is 4. The molecule has 6 rings (SSSR count). The van der Waals surface area contributed by atoms with Crippen LogP contribution in [0, 0.1) is 21.4 Å². The molecule has 0 bridgehead atoms. The molecule has 1 atom stereocenters. The van der Waals surface area contributed by atoms with Crippen LogP contribution in [0.2, 0.25) is 0 Å². The number of nitriles is 1. The zero-order valence-electron chi connectivity index (χ0n) is 31.7. The molecule has 1 aliphatic heterocycles. The van der Waals surface area contributed by atoms with Crippen LogP contribution in [0.15, 0.2) is 120 Å². The summed E-state index contributed by atoms with van der Waals surface area (Å²) in [6.45, 7) is 6.04. The van der Waals surface area contributed by atoms with Crippen molar-refractivity contribution in [3.8, 4) is 6.07 Å². The van der Waals surface area contributed by atoms with Crippen LogP contribution in [0.4, 0.5) is 21.2 Å². The first-order valence-electron chi connectivity index (χ1n) is 18.1. The molecule has 0 saturated heterocycles. The quantitative estimate of drug-likeness (QED) is 0.0508. The second-order valence-electron chi connectivity index (χ2n) is 14.1. The van der Waals surface area contributed by atoms with Crippen molar-refractivity contribution in [1.29, 1.82) is 5.26 Å². The van der Waals surface area contributed by atoms with Gasteiger partial charge in [0.1, 0.15) is 27.6 Å². The fourth-order valence-electron chi connectivity index (χ4n) is 5.95. The van der Waals surface area contributed by atoms with E-state index in [2.05, 4.69) is 22.0 Å². The van der Waals surface area contributed by atoms with Gasteiger partial charge < -0.3 is 25.6 Å². The molecule has 4 aromatic carbocycles. The van der Waals surface area contributed by atoms with Gasteiger partial charge in [0.25, 0.3) is 17.5 Å². The number of fused-ring (bicyclic) bond motifs is 1. The summed E-state index contributed by atoms with van der Waals surface area (Å²) in [6.07, 6.45) is 1.42. The Morgan fingerprint density at radius 1 is 0.948 bits per heavy atom. The molecule has 4 amide bonds. The lowest BCUT2D eigenvalue weighted by Crippen LogP contribution is -2.39. The average molecular weight is 815 g/mol. The fourth-order valence-corrected chi connectivity index (χ4v) is 8.25. The van der Waals surface area contributed by atoms with Crippen molar-refractivity contribution in [1.82, 2.24) is 10.2 Å². The van der Waals surface area contributed by atoms with Gasteiger partial charge >= 0.3 is 6.09 Å². The van der Waals surface area contributed by atoms with E-state index in [0.29, 0.717) is 50.8 Å². The number of hydrogen-bond donors (Lipinski definition) is 3. The topological polar surface area (TPSA) is 184 Å². The minimum Gasteiger partial charge on any atom is -0.444 e. The van der Waals surface area contributed by atoms with Crippen LogP contribution in [-0.4, -0.2) is 45.8 Å². The van der Waals surface area contributed by atoms with Crippen molar-refractivity contribution in [2.75, 3.05) is 17.2 Å². The van der Waals surface area contributed by atoms with Gasteiger partial charge in [-0.1, -0.05) is 54.6 Å². The van der Waals surface area contributed by atoms with Gasteiger partial charge in [-0.3, -0.25) is 24.5 Å². The van der Waals surface area contributed by atoms with Gasteiger partial charge in [-0.2, -0.15) is 5.26 Å². The summed E-state index contributed by atoms with van der Waals surface area (Å²) in [5, 5.41) is 29.4. The second-order valence-corrected chi connectivity index (χ2v) is 16.4. The Kier molecular flexibility index (Phi) is 12.7. The molecule has 5 aromatic rings. The van der Waals surface area contributed by atoms with Gasteiger partial charge in [0.15, 0.2) is 0 Å². The van der Waals surface area contributed by atoms with E-state index in [4.69, 9.17) is 4.74 Å². The van der Waals surface area contributed by atoms with Crippen molar-refractivity contribution in [2.24, 2.45) is 0 Å². The monoisotopic (exact) mass is 814 g/mol. The van der Waals surface area contributed by atoms with Gasteiger partial charge in [-0.25, -0.2) is 4.79 Å². The number of carbonyl (C=O) groups excluding carboxylic acids is 4. The number of nitro benzene ring substituents is 1. The van der Waals surface area contributed by atoms with Crippen LogP contribution < -0.4 is 16.0 Å². The molecule has 0 aliphatic carbocycles. The van der Waals surface area contributed by atoms with Gasteiger partial charge in [0, 0.05) is 39.7 Å². The number of hydrogen-bond acceptors (Lipinski definition) is 10. The molecular weight excluding hydrogens is 777 g/mol. The van der Waals surface area contributed by atoms with Crippen molar-refractivity contribution >= 4 is 69.4 Å². The predicted octanol–water partition coefficient (Wildman–Crippen LogP) is 8.70. The summed E-state index contributed by atoms with van der Waals surface area (Å²) in [5.41, 5.74) is 2.12. The Labute approximate surface area is 342 Å². The SMILES string of the molecule is CC(C)(C)OC(=O)N1CCc2c(sc(NC(=O)C(Sc3cccc(NC(=O)/C(=C\c4ccc([N+](=O)[O-])cc4)NC(=O)c4ccccc4)c3)c3ccccc3)c2C#N)C1. The number of rotatable bonds is 11.